The minimum absolute atomic E-state index is 0.100. The van der Waals surface area contributed by atoms with E-state index in [1.165, 1.54) is 0 Å². The molecule has 0 unspecified atom stereocenters. The van der Waals surface area contributed by atoms with Gasteiger partial charge in [-0.3, -0.25) is 14.9 Å². The number of rotatable bonds is 7. The van der Waals surface area contributed by atoms with E-state index < -0.39 is 0 Å². The molecule has 0 amide bonds. The Labute approximate surface area is 180 Å². The number of para-hydroxylation sites is 1. The summed E-state index contributed by atoms with van der Waals surface area (Å²) in [5.74, 6) is 0. The monoisotopic (exact) mass is 420 g/mol. The zero-order chi connectivity index (χ0) is 21.5. The van der Waals surface area contributed by atoms with Gasteiger partial charge < -0.3 is 10.6 Å². The Hall–Kier alpha value is -3.65. The second kappa shape index (κ2) is 9.71. The van der Waals surface area contributed by atoms with E-state index in [1.54, 1.807) is 17.0 Å². The van der Waals surface area contributed by atoms with Gasteiger partial charge in [0.15, 0.2) is 5.11 Å². The Kier molecular flexibility index (Phi) is 6.82. The molecule has 1 aromatic heterocycles. The maximum atomic E-state index is 13.0. The van der Waals surface area contributed by atoms with Crippen LogP contribution < -0.4 is 21.6 Å². The lowest BCUT2D eigenvalue weighted by Crippen LogP contribution is -2.31. The molecule has 8 heteroatoms. The molecule has 0 saturated carbocycles. The summed E-state index contributed by atoms with van der Waals surface area (Å²) in [7, 11) is 1.87. The molecule has 3 N–H and O–H groups in total. The molecule has 7 nitrogen and oxygen atoms in total. The van der Waals surface area contributed by atoms with E-state index in [9.17, 15) is 4.79 Å². The zero-order valence-corrected chi connectivity index (χ0v) is 17.7. The van der Waals surface area contributed by atoms with Gasteiger partial charge in [0.05, 0.1) is 17.6 Å². The number of aromatic nitrogens is 2. The fourth-order valence-corrected chi connectivity index (χ4v) is 3.01. The van der Waals surface area contributed by atoms with Crippen LogP contribution in [0.1, 0.15) is 11.3 Å². The summed E-state index contributed by atoms with van der Waals surface area (Å²) in [6.07, 6.45) is 3.38. The molecule has 0 atom stereocenters. The first-order valence-corrected chi connectivity index (χ1v) is 9.81. The van der Waals surface area contributed by atoms with E-state index in [1.807, 2.05) is 73.3 Å². The van der Waals surface area contributed by atoms with Crippen molar-refractivity contribution < 1.29 is 0 Å². The van der Waals surface area contributed by atoms with Crippen LogP contribution >= 0.6 is 12.2 Å². The van der Waals surface area contributed by atoms with Gasteiger partial charge in [-0.1, -0.05) is 36.4 Å². The molecule has 3 aromatic rings. The van der Waals surface area contributed by atoms with Gasteiger partial charge in [0.1, 0.15) is 5.69 Å². The fourth-order valence-electron chi connectivity index (χ4n) is 2.88. The number of hydrogen-bond acceptors (Lipinski definition) is 4. The van der Waals surface area contributed by atoms with Gasteiger partial charge in [0.2, 0.25) is 0 Å². The number of thiocarbonyl (C=S) groups is 1. The van der Waals surface area contributed by atoms with Gasteiger partial charge in [-0.05, 0) is 49.0 Å². The van der Waals surface area contributed by atoms with Crippen molar-refractivity contribution in [3.8, 4) is 5.69 Å². The Bertz CT molecular complexity index is 1110. The topological polar surface area (TPSA) is 75.4 Å². The van der Waals surface area contributed by atoms with Crippen molar-refractivity contribution in [1.82, 2.24) is 20.1 Å². The van der Waals surface area contributed by atoms with Crippen molar-refractivity contribution in [3.63, 3.8) is 0 Å². The first kappa shape index (κ1) is 21.1. The molecule has 0 bridgehead atoms. The fraction of sp³-hybridized carbons (Fsp3) is 0.136. The Balaban J connectivity index is 1.73. The Morgan fingerprint density at radius 3 is 2.53 bits per heavy atom. The molecule has 0 aliphatic carbocycles. The minimum atomic E-state index is -0.100. The number of nitrogens with one attached hydrogen (secondary N) is 3. The predicted octanol–water partition coefficient (Wildman–Crippen LogP) is 3.21. The molecule has 1 heterocycles. The largest absolute Gasteiger partial charge is 0.358 e. The van der Waals surface area contributed by atoms with Crippen LogP contribution in [0.3, 0.4) is 0 Å². The lowest BCUT2D eigenvalue weighted by molar-refractivity contribution is 0.630. The summed E-state index contributed by atoms with van der Waals surface area (Å²) >= 11 is 5.07. The number of hydrogen-bond donors (Lipinski definition) is 3. The lowest BCUT2D eigenvalue weighted by Gasteiger charge is -2.07. The van der Waals surface area contributed by atoms with Crippen LogP contribution in [0.2, 0.25) is 0 Å². The Morgan fingerprint density at radius 2 is 1.87 bits per heavy atom. The van der Waals surface area contributed by atoms with Crippen molar-refractivity contribution in [1.29, 1.82) is 0 Å². The standard InChI is InChI=1S/C22H24N6OS/c1-4-14-23-22(30)26-24-15-17-10-12-18(13-11-17)25-20-16(2)27(3)28(21(20)29)19-8-6-5-7-9-19/h4-13,15,25H,1,14H2,2-3H3,(H2,23,26,30)/b24-15-. The van der Waals surface area contributed by atoms with Crippen LogP contribution in [-0.4, -0.2) is 27.2 Å². The quantitative estimate of drug-likeness (QED) is 0.237. The number of benzene rings is 2. The van der Waals surface area contributed by atoms with E-state index in [0.717, 1.165) is 22.6 Å². The first-order valence-electron chi connectivity index (χ1n) is 9.40. The Morgan fingerprint density at radius 1 is 1.17 bits per heavy atom. The smallest absolute Gasteiger partial charge is 0.295 e. The molecule has 30 heavy (non-hydrogen) atoms. The van der Waals surface area contributed by atoms with Crippen LogP contribution in [0.5, 0.6) is 0 Å². The maximum Gasteiger partial charge on any atom is 0.295 e. The molecule has 2 aromatic carbocycles. The highest BCUT2D eigenvalue weighted by atomic mass is 32.1. The van der Waals surface area contributed by atoms with Crippen LogP contribution in [0.25, 0.3) is 5.69 Å². The molecule has 0 aliphatic heterocycles. The maximum absolute atomic E-state index is 13.0. The second-order valence-electron chi connectivity index (χ2n) is 6.55. The normalized spacial score (nSPS) is 10.7. The molecular weight excluding hydrogens is 396 g/mol. The van der Waals surface area contributed by atoms with Gasteiger partial charge in [-0.25, -0.2) is 4.68 Å². The van der Waals surface area contributed by atoms with E-state index in [-0.39, 0.29) is 5.56 Å². The van der Waals surface area contributed by atoms with Gasteiger partial charge in [-0.15, -0.1) is 6.58 Å². The summed E-state index contributed by atoms with van der Waals surface area (Å²) in [5.41, 5.74) is 6.56. The van der Waals surface area contributed by atoms with Crippen LogP contribution in [-0.2, 0) is 7.05 Å². The number of anilines is 2. The zero-order valence-electron chi connectivity index (χ0n) is 16.9. The third-order valence-electron chi connectivity index (χ3n) is 4.52. The van der Waals surface area contributed by atoms with Gasteiger partial charge in [-0.2, -0.15) is 5.10 Å². The summed E-state index contributed by atoms with van der Waals surface area (Å²) in [6.45, 7) is 6.11. The SMILES string of the molecule is C=CCNC(=S)N/N=C\c1ccc(Nc2c(C)n(C)n(-c3ccccc3)c2=O)cc1. The molecule has 0 radical (unpaired) electrons. The van der Waals surface area contributed by atoms with Crippen LogP contribution in [0.15, 0.2) is 77.1 Å². The molecule has 0 fully saturated rings. The molecule has 3 rings (SSSR count). The minimum Gasteiger partial charge on any atom is -0.358 e. The van der Waals surface area contributed by atoms with E-state index >= 15 is 0 Å². The van der Waals surface area contributed by atoms with Gasteiger partial charge in [0, 0.05) is 19.3 Å². The van der Waals surface area contributed by atoms with E-state index in [0.29, 0.717) is 17.3 Å². The first-order chi connectivity index (χ1) is 14.5. The average molecular weight is 421 g/mol. The number of nitrogens with zero attached hydrogens (tertiary/aromatic N) is 3. The summed E-state index contributed by atoms with van der Waals surface area (Å²) < 4.78 is 3.49. The second-order valence-corrected chi connectivity index (χ2v) is 6.96. The highest BCUT2D eigenvalue weighted by molar-refractivity contribution is 7.80. The molecule has 0 saturated heterocycles. The average Bonchev–Trinajstić information content (AvgIpc) is 2.97. The van der Waals surface area contributed by atoms with Crippen LogP contribution in [0, 0.1) is 6.92 Å². The molecule has 154 valence electrons. The predicted molar refractivity (Wildman–Crippen MR) is 127 cm³/mol. The van der Waals surface area contributed by atoms with E-state index in [4.69, 9.17) is 12.2 Å². The molecule has 0 spiro atoms. The van der Waals surface area contributed by atoms with Crippen molar-refractivity contribution in [3.05, 3.63) is 88.9 Å². The van der Waals surface area contributed by atoms with Crippen molar-refractivity contribution in [2.45, 2.75) is 6.92 Å². The summed E-state index contributed by atoms with van der Waals surface area (Å²) in [4.78, 5) is 13.0. The molecular formula is C22H24N6OS. The van der Waals surface area contributed by atoms with E-state index in [2.05, 4.69) is 27.7 Å². The summed E-state index contributed by atoms with van der Waals surface area (Å²) in [5, 5.41) is 10.7. The third kappa shape index (κ3) is 4.84. The number of hydrazone groups is 1. The lowest BCUT2D eigenvalue weighted by atomic mass is 10.2. The highest BCUT2D eigenvalue weighted by Crippen LogP contribution is 2.19. The molecule has 0 aliphatic rings. The summed E-state index contributed by atoms with van der Waals surface area (Å²) in [6, 6.07) is 17.2. The highest BCUT2D eigenvalue weighted by Gasteiger charge is 2.16. The van der Waals surface area contributed by atoms with Crippen molar-refractivity contribution in [2.75, 3.05) is 11.9 Å². The van der Waals surface area contributed by atoms with Crippen LogP contribution in [0.4, 0.5) is 11.4 Å². The third-order valence-corrected chi connectivity index (χ3v) is 4.76. The van der Waals surface area contributed by atoms with Gasteiger partial charge in [0.25, 0.3) is 5.56 Å². The van der Waals surface area contributed by atoms with Crippen molar-refractivity contribution >= 4 is 34.9 Å². The van der Waals surface area contributed by atoms with Crippen molar-refractivity contribution in [2.24, 2.45) is 12.1 Å². The van der Waals surface area contributed by atoms with Gasteiger partial charge >= 0.3 is 0 Å².